The largest absolute Gasteiger partial charge is 0.486 e. The zero-order chi connectivity index (χ0) is 20.4. The molecular formula is C21H20N2O6. The molecule has 2 aromatic rings. The minimum atomic E-state index is -1.32. The molecule has 1 fully saturated rings. The molecule has 2 aliphatic rings. The Morgan fingerprint density at radius 1 is 1.10 bits per heavy atom. The summed E-state index contributed by atoms with van der Waals surface area (Å²) in [5.41, 5.74) is 1.16. The van der Waals surface area contributed by atoms with Crippen molar-refractivity contribution in [1.29, 1.82) is 0 Å². The van der Waals surface area contributed by atoms with Crippen molar-refractivity contribution in [1.82, 2.24) is 4.90 Å². The molecule has 8 heteroatoms. The van der Waals surface area contributed by atoms with Gasteiger partial charge in [0.05, 0.1) is 0 Å². The van der Waals surface area contributed by atoms with Crippen molar-refractivity contribution in [2.75, 3.05) is 19.8 Å². The molecule has 2 aliphatic heterocycles. The van der Waals surface area contributed by atoms with Crippen LogP contribution in [0.1, 0.15) is 23.3 Å². The van der Waals surface area contributed by atoms with E-state index in [1.54, 1.807) is 30.3 Å². The molecule has 29 heavy (non-hydrogen) atoms. The Kier molecular flexibility index (Phi) is 5.18. The van der Waals surface area contributed by atoms with Gasteiger partial charge < -0.3 is 19.3 Å². The zero-order valence-corrected chi connectivity index (χ0v) is 15.6. The van der Waals surface area contributed by atoms with E-state index in [0.717, 1.165) is 10.5 Å². The van der Waals surface area contributed by atoms with Gasteiger partial charge >= 0.3 is 6.09 Å². The van der Waals surface area contributed by atoms with Crippen molar-refractivity contribution in [3.8, 4) is 11.5 Å². The van der Waals surface area contributed by atoms with Crippen LogP contribution in [-0.2, 0) is 9.53 Å². The standard InChI is InChI=1S/C21H20N2O6/c1-22-18(19(24)14-7-8-16-17(11-14)28-10-9-27-16)20(25)23-15(12-29-21(23)26)13-5-3-2-4-6-13/h2-8,11,15,18-19,24H,1,9-10,12H2/t15-,18+,19-/m1/s1. The zero-order valence-electron chi connectivity index (χ0n) is 15.6. The molecule has 4 rings (SSSR count). The summed E-state index contributed by atoms with van der Waals surface area (Å²) in [4.78, 5) is 30.2. The molecule has 0 spiro atoms. The number of cyclic esters (lactones) is 1. The highest BCUT2D eigenvalue weighted by atomic mass is 16.6. The van der Waals surface area contributed by atoms with E-state index in [2.05, 4.69) is 11.7 Å². The summed E-state index contributed by atoms with van der Waals surface area (Å²) < 4.78 is 16.1. The number of rotatable bonds is 5. The smallest absolute Gasteiger partial charge is 0.417 e. The first-order valence-corrected chi connectivity index (χ1v) is 9.18. The Bertz CT molecular complexity index is 932. The first-order chi connectivity index (χ1) is 14.1. The highest BCUT2D eigenvalue weighted by Crippen LogP contribution is 2.35. The Balaban J connectivity index is 1.60. The van der Waals surface area contributed by atoms with Gasteiger partial charge in [-0.1, -0.05) is 36.4 Å². The number of aliphatic imine (C=N–C) groups is 1. The van der Waals surface area contributed by atoms with Crippen molar-refractivity contribution < 1.29 is 28.9 Å². The monoisotopic (exact) mass is 396 g/mol. The minimum absolute atomic E-state index is 0.0402. The number of imide groups is 1. The summed E-state index contributed by atoms with van der Waals surface area (Å²) in [7, 11) is 0. The number of aliphatic hydroxyl groups excluding tert-OH is 1. The van der Waals surface area contributed by atoms with Gasteiger partial charge in [-0.3, -0.25) is 9.79 Å². The maximum absolute atomic E-state index is 13.1. The first kappa shape index (κ1) is 18.9. The van der Waals surface area contributed by atoms with Crippen LogP contribution in [0, 0.1) is 0 Å². The van der Waals surface area contributed by atoms with Gasteiger partial charge in [0.25, 0.3) is 5.91 Å². The van der Waals surface area contributed by atoms with E-state index in [9.17, 15) is 14.7 Å². The van der Waals surface area contributed by atoms with Crippen molar-refractivity contribution in [3.63, 3.8) is 0 Å². The molecule has 8 nitrogen and oxygen atoms in total. The summed E-state index contributed by atoms with van der Waals surface area (Å²) >= 11 is 0. The molecule has 0 bridgehead atoms. The minimum Gasteiger partial charge on any atom is -0.486 e. The van der Waals surface area contributed by atoms with Crippen LogP contribution in [0.4, 0.5) is 4.79 Å². The second-order valence-electron chi connectivity index (χ2n) is 6.69. The second kappa shape index (κ2) is 7.92. The predicted octanol–water partition coefficient (Wildman–Crippen LogP) is 2.28. The second-order valence-corrected chi connectivity index (χ2v) is 6.69. The molecule has 0 radical (unpaired) electrons. The molecule has 150 valence electrons. The summed E-state index contributed by atoms with van der Waals surface area (Å²) in [6.07, 6.45) is -2.09. The van der Waals surface area contributed by atoms with Crippen LogP contribution in [-0.4, -0.2) is 54.6 Å². The van der Waals surface area contributed by atoms with Gasteiger partial charge in [0.15, 0.2) is 17.5 Å². The van der Waals surface area contributed by atoms with Gasteiger partial charge in [0.2, 0.25) is 0 Å². The molecule has 0 aromatic heterocycles. The van der Waals surface area contributed by atoms with Gasteiger partial charge in [-0.05, 0) is 30.0 Å². The fourth-order valence-corrected chi connectivity index (χ4v) is 3.47. The number of fused-ring (bicyclic) bond motifs is 1. The average Bonchev–Trinajstić information content (AvgIpc) is 3.15. The third-order valence-corrected chi connectivity index (χ3v) is 4.95. The molecule has 0 aliphatic carbocycles. The highest BCUT2D eigenvalue weighted by Gasteiger charge is 2.43. The lowest BCUT2D eigenvalue weighted by molar-refractivity contribution is -0.133. The molecule has 3 atom stereocenters. The molecule has 0 saturated carbocycles. The van der Waals surface area contributed by atoms with Gasteiger partial charge in [0.1, 0.15) is 32.0 Å². The summed E-state index contributed by atoms with van der Waals surface area (Å²) in [5, 5.41) is 10.8. The number of carbonyl (C=O) groups excluding carboxylic acids is 2. The number of hydrogen-bond acceptors (Lipinski definition) is 7. The molecule has 1 N–H and O–H groups in total. The Morgan fingerprint density at radius 2 is 1.83 bits per heavy atom. The molecule has 2 heterocycles. The number of aliphatic hydroxyl groups is 1. The van der Waals surface area contributed by atoms with E-state index >= 15 is 0 Å². The third kappa shape index (κ3) is 3.54. The average molecular weight is 396 g/mol. The van der Waals surface area contributed by atoms with Crippen molar-refractivity contribution >= 4 is 18.7 Å². The number of amides is 2. The van der Waals surface area contributed by atoms with E-state index in [-0.39, 0.29) is 6.61 Å². The Labute approximate surface area is 167 Å². The highest BCUT2D eigenvalue weighted by molar-refractivity contribution is 5.97. The normalized spacial score (nSPS) is 20.0. The predicted molar refractivity (Wildman–Crippen MR) is 103 cm³/mol. The van der Waals surface area contributed by atoms with Gasteiger partial charge in [-0.25, -0.2) is 9.69 Å². The number of benzene rings is 2. The van der Waals surface area contributed by atoms with Crippen molar-refractivity contribution in [3.05, 3.63) is 59.7 Å². The topological polar surface area (TPSA) is 97.7 Å². The first-order valence-electron chi connectivity index (χ1n) is 9.18. The van der Waals surface area contributed by atoms with Gasteiger partial charge in [-0.15, -0.1) is 0 Å². The SMILES string of the molecule is C=N[C@H](C(=O)N1C(=O)OC[C@@H]1c1ccccc1)[C@H](O)c1ccc2c(c1)OCCO2. The van der Waals surface area contributed by atoms with Crippen LogP contribution in [0.5, 0.6) is 11.5 Å². The van der Waals surface area contributed by atoms with Crippen LogP contribution in [0.15, 0.2) is 53.5 Å². The molecular weight excluding hydrogens is 376 g/mol. The number of hydrogen-bond donors (Lipinski definition) is 1. The lowest BCUT2D eigenvalue weighted by Gasteiger charge is -2.26. The van der Waals surface area contributed by atoms with Gasteiger partial charge in [-0.2, -0.15) is 0 Å². The number of ether oxygens (including phenoxy) is 3. The third-order valence-electron chi connectivity index (χ3n) is 4.95. The quantitative estimate of drug-likeness (QED) is 0.779. The summed E-state index contributed by atoms with van der Waals surface area (Å²) in [6.45, 7) is 4.33. The molecule has 2 amide bonds. The maximum Gasteiger partial charge on any atom is 0.417 e. The van der Waals surface area contributed by atoms with E-state index in [4.69, 9.17) is 14.2 Å². The Morgan fingerprint density at radius 3 is 2.55 bits per heavy atom. The van der Waals surface area contributed by atoms with Crippen LogP contribution in [0.2, 0.25) is 0 Å². The van der Waals surface area contributed by atoms with E-state index in [1.165, 1.54) is 0 Å². The molecule has 1 saturated heterocycles. The summed E-state index contributed by atoms with van der Waals surface area (Å²) in [5.74, 6) is 0.360. The van der Waals surface area contributed by atoms with Crippen LogP contribution < -0.4 is 9.47 Å². The fraction of sp³-hybridized carbons (Fsp3) is 0.286. The molecule has 0 unspecified atom stereocenters. The van der Waals surface area contributed by atoms with Crippen LogP contribution in [0.3, 0.4) is 0 Å². The summed E-state index contributed by atoms with van der Waals surface area (Å²) in [6, 6.07) is 12.1. The lowest BCUT2D eigenvalue weighted by Crippen LogP contribution is -2.43. The number of carbonyl (C=O) groups is 2. The van der Waals surface area contributed by atoms with Crippen LogP contribution in [0.25, 0.3) is 0 Å². The fourth-order valence-electron chi connectivity index (χ4n) is 3.47. The van der Waals surface area contributed by atoms with Crippen molar-refractivity contribution in [2.24, 2.45) is 4.99 Å². The van der Waals surface area contributed by atoms with Crippen LogP contribution >= 0.6 is 0 Å². The Hall–Kier alpha value is -3.39. The van der Waals surface area contributed by atoms with E-state index in [1.807, 2.05) is 18.2 Å². The van der Waals surface area contributed by atoms with Gasteiger partial charge in [0, 0.05) is 0 Å². The van der Waals surface area contributed by atoms with E-state index in [0.29, 0.717) is 30.3 Å². The molecule has 2 aromatic carbocycles. The lowest BCUT2D eigenvalue weighted by atomic mass is 9.99. The number of nitrogens with zero attached hydrogens (tertiary/aromatic N) is 2. The van der Waals surface area contributed by atoms with E-state index < -0.39 is 30.2 Å². The van der Waals surface area contributed by atoms with Crippen molar-refractivity contribution in [2.45, 2.75) is 18.2 Å². The maximum atomic E-state index is 13.1.